The van der Waals surface area contributed by atoms with Gasteiger partial charge in [-0.15, -0.1) is 0 Å². The van der Waals surface area contributed by atoms with E-state index in [0.717, 1.165) is 29.8 Å². The lowest BCUT2D eigenvalue weighted by molar-refractivity contribution is 0.0737. The van der Waals surface area contributed by atoms with E-state index in [1.165, 1.54) is 12.1 Å². The zero-order chi connectivity index (χ0) is 17.4. The molecule has 0 N–H and O–H groups in total. The number of benzene rings is 1. The third-order valence-electron chi connectivity index (χ3n) is 4.77. The lowest BCUT2D eigenvalue weighted by Gasteiger charge is -2.35. The molecule has 25 heavy (non-hydrogen) atoms. The molecule has 128 valence electrons. The van der Waals surface area contributed by atoms with E-state index in [2.05, 4.69) is 9.88 Å². The van der Waals surface area contributed by atoms with Gasteiger partial charge in [0.2, 0.25) is 0 Å². The van der Waals surface area contributed by atoms with Crippen molar-refractivity contribution in [2.75, 3.05) is 31.1 Å². The van der Waals surface area contributed by atoms with Gasteiger partial charge in [0.15, 0.2) is 0 Å². The van der Waals surface area contributed by atoms with Crippen LogP contribution >= 0.6 is 0 Å². The summed E-state index contributed by atoms with van der Waals surface area (Å²) < 4.78 is 15.2. The van der Waals surface area contributed by atoms with Crippen molar-refractivity contribution >= 4 is 22.6 Å². The second kappa shape index (κ2) is 6.20. The number of aromatic nitrogens is 2. The summed E-state index contributed by atoms with van der Waals surface area (Å²) in [6, 6.07) is 12.3. The molecular formula is C19H19FN4O. The summed E-state index contributed by atoms with van der Waals surface area (Å²) in [7, 11) is 1.80. The molecule has 4 rings (SSSR count). The van der Waals surface area contributed by atoms with E-state index in [1.807, 2.05) is 29.2 Å². The van der Waals surface area contributed by atoms with E-state index in [-0.39, 0.29) is 11.7 Å². The number of pyridine rings is 1. The Morgan fingerprint density at radius 1 is 1.08 bits per heavy atom. The Hall–Kier alpha value is -2.89. The number of halogens is 1. The highest BCUT2D eigenvalue weighted by molar-refractivity contribution is 5.98. The number of carbonyl (C=O) groups excluding carboxylic acids is 1. The van der Waals surface area contributed by atoms with Crippen LogP contribution < -0.4 is 4.90 Å². The number of rotatable bonds is 2. The molecule has 3 aromatic rings. The van der Waals surface area contributed by atoms with Crippen LogP contribution in [0.5, 0.6) is 0 Å². The van der Waals surface area contributed by atoms with Gasteiger partial charge < -0.3 is 14.4 Å². The van der Waals surface area contributed by atoms with Crippen molar-refractivity contribution in [3.63, 3.8) is 0 Å². The van der Waals surface area contributed by atoms with Gasteiger partial charge in [-0.3, -0.25) is 4.79 Å². The molecule has 3 heterocycles. The van der Waals surface area contributed by atoms with Gasteiger partial charge in [0, 0.05) is 44.8 Å². The highest BCUT2D eigenvalue weighted by Gasteiger charge is 2.25. The Bertz CT molecular complexity index is 914. The molecule has 5 nitrogen and oxygen atoms in total. The molecule has 0 aliphatic carbocycles. The van der Waals surface area contributed by atoms with Crippen molar-refractivity contribution in [3.05, 3.63) is 60.2 Å². The fourth-order valence-electron chi connectivity index (χ4n) is 3.35. The van der Waals surface area contributed by atoms with Crippen LogP contribution in [-0.2, 0) is 7.05 Å². The smallest absolute Gasteiger partial charge is 0.270 e. The number of amides is 1. The minimum atomic E-state index is -0.295. The van der Waals surface area contributed by atoms with Crippen molar-refractivity contribution in [1.29, 1.82) is 0 Å². The minimum absolute atomic E-state index is 0.0141. The van der Waals surface area contributed by atoms with Gasteiger partial charge in [0.05, 0.1) is 5.52 Å². The summed E-state index contributed by atoms with van der Waals surface area (Å²) in [5.41, 5.74) is 1.32. The van der Waals surface area contributed by atoms with E-state index >= 15 is 0 Å². The van der Waals surface area contributed by atoms with E-state index in [1.54, 1.807) is 23.9 Å². The maximum absolute atomic E-state index is 13.5. The molecule has 1 amide bonds. The standard InChI is InChI=1S/C19H19FN4O/c1-22-16-13-15(20)6-5-14(16)12-17(22)19(25)24-10-8-23(9-11-24)18-4-2-3-7-21-18/h2-7,12-13H,8-11H2,1H3. The van der Waals surface area contributed by atoms with Crippen LogP contribution in [0.25, 0.3) is 10.9 Å². The van der Waals surface area contributed by atoms with Crippen molar-refractivity contribution in [3.8, 4) is 0 Å². The Balaban J connectivity index is 1.52. The zero-order valence-electron chi connectivity index (χ0n) is 14.0. The first kappa shape index (κ1) is 15.6. The van der Waals surface area contributed by atoms with Crippen molar-refractivity contribution in [2.24, 2.45) is 7.05 Å². The zero-order valence-corrected chi connectivity index (χ0v) is 14.0. The number of anilines is 1. The molecule has 1 aliphatic heterocycles. The maximum Gasteiger partial charge on any atom is 0.270 e. The first-order valence-corrected chi connectivity index (χ1v) is 8.34. The molecule has 0 saturated carbocycles. The average molecular weight is 338 g/mol. The Morgan fingerprint density at radius 3 is 2.60 bits per heavy atom. The fourth-order valence-corrected chi connectivity index (χ4v) is 3.35. The van der Waals surface area contributed by atoms with Gasteiger partial charge >= 0.3 is 0 Å². The van der Waals surface area contributed by atoms with Gasteiger partial charge in [-0.1, -0.05) is 6.07 Å². The summed E-state index contributed by atoms with van der Waals surface area (Å²) in [5, 5.41) is 0.874. The predicted octanol–water partition coefficient (Wildman–Crippen LogP) is 2.67. The summed E-state index contributed by atoms with van der Waals surface area (Å²) >= 11 is 0. The number of aryl methyl sites for hydroxylation is 1. The van der Waals surface area contributed by atoms with E-state index in [0.29, 0.717) is 18.8 Å². The molecule has 0 bridgehead atoms. The van der Waals surface area contributed by atoms with E-state index in [9.17, 15) is 9.18 Å². The van der Waals surface area contributed by atoms with Crippen LogP contribution in [-0.4, -0.2) is 46.5 Å². The number of nitrogens with zero attached hydrogens (tertiary/aromatic N) is 4. The summed E-state index contributed by atoms with van der Waals surface area (Å²) in [5.74, 6) is 0.631. The number of piperazine rings is 1. The minimum Gasteiger partial charge on any atom is -0.353 e. The van der Waals surface area contributed by atoms with Crippen LogP contribution in [0, 0.1) is 5.82 Å². The highest BCUT2D eigenvalue weighted by atomic mass is 19.1. The number of hydrogen-bond donors (Lipinski definition) is 0. The topological polar surface area (TPSA) is 41.4 Å². The molecule has 6 heteroatoms. The largest absolute Gasteiger partial charge is 0.353 e. The first-order chi connectivity index (χ1) is 12.1. The highest BCUT2D eigenvalue weighted by Crippen LogP contribution is 2.22. The molecule has 1 aromatic carbocycles. The predicted molar refractivity (Wildman–Crippen MR) is 95.2 cm³/mol. The van der Waals surface area contributed by atoms with Gasteiger partial charge in [-0.2, -0.15) is 0 Å². The molecule has 0 atom stereocenters. The van der Waals surface area contributed by atoms with Crippen molar-refractivity contribution < 1.29 is 9.18 Å². The number of fused-ring (bicyclic) bond motifs is 1. The van der Waals surface area contributed by atoms with Gasteiger partial charge in [0.1, 0.15) is 17.3 Å². The molecule has 1 saturated heterocycles. The molecule has 1 fully saturated rings. The molecule has 0 spiro atoms. The van der Waals surface area contributed by atoms with Crippen molar-refractivity contribution in [2.45, 2.75) is 0 Å². The first-order valence-electron chi connectivity index (χ1n) is 8.34. The van der Waals surface area contributed by atoms with Crippen LogP contribution in [0.2, 0.25) is 0 Å². The third kappa shape index (κ3) is 2.84. The number of carbonyl (C=O) groups is 1. The number of hydrogen-bond acceptors (Lipinski definition) is 3. The quantitative estimate of drug-likeness (QED) is 0.721. The molecule has 1 aliphatic rings. The van der Waals surface area contributed by atoms with Crippen LogP contribution in [0.15, 0.2) is 48.7 Å². The van der Waals surface area contributed by atoms with Gasteiger partial charge in [-0.25, -0.2) is 9.37 Å². The Kier molecular flexibility index (Phi) is 3.87. The summed E-state index contributed by atoms with van der Waals surface area (Å²) in [6.45, 7) is 2.79. The summed E-state index contributed by atoms with van der Waals surface area (Å²) in [6.07, 6.45) is 1.78. The maximum atomic E-state index is 13.5. The van der Waals surface area contributed by atoms with Crippen LogP contribution in [0.4, 0.5) is 10.2 Å². The lowest BCUT2D eigenvalue weighted by atomic mass is 10.2. The normalized spacial score (nSPS) is 15.0. The Morgan fingerprint density at radius 2 is 1.88 bits per heavy atom. The second-order valence-corrected chi connectivity index (χ2v) is 6.26. The van der Waals surface area contributed by atoms with Gasteiger partial charge in [0.25, 0.3) is 5.91 Å². The molecular weight excluding hydrogens is 319 g/mol. The molecule has 0 radical (unpaired) electrons. The Labute approximate surface area is 145 Å². The molecule has 2 aromatic heterocycles. The molecule has 0 unspecified atom stereocenters. The third-order valence-corrected chi connectivity index (χ3v) is 4.77. The monoisotopic (exact) mass is 338 g/mol. The second-order valence-electron chi connectivity index (χ2n) is 6.26. The van der Waals surface area contributed by atoms with E-state index in [4.69, 9.17) is 0 Å². The van der Waals surface area contributed by atoms with Crippen molar-refractivity contribution in [1.82, 2.24) is 14.5 Å². The van der Waals surface area contributed by atoms with E-state index < -0.39 is 0 Å². The average Bonchev–Trinajstić information content (AvgIpc) is 2.98. The SMILES string of the molecule is Cn1c(C(=O)N2CCN(c3ccccn3)CC2)cc2ccc(F)cc21. The lowest BCUT2D eigenvalue weighted by Crippen LogP contribution is -2.49. The summed E-state index contributed by atoms with van der Waals surface area (Å²) in [4.78, 5) is 21.3. The fraction of sp³-hybridized carbons (Fsp3) is 0.263. The van der Waals surface area contributed by atoms with Gasteiger partial charge in [-0.05, 0) is 36.4 Å². The van der Waals surface area contributed by atoms with Crippen LogP contribution in [0.1, 0.15) is 10.5 Å². The van der Waals surface area contributed by atoms with Crippen LogP contribution in [0.3, 0.4) is 0 Å².